The van der Waals surface area contributed by atoms with E-state index in [4.69, 9.17) is 10.2 Å². The molecule has 3 nitrogen and oxygen atoms in total. The maximum absolute atomic E-state index is 6.52. The summed E-state index contributed by atoms with van der Waals surface area (Å²) in [6.07, 6.45) is 1.69. The summed E-state index contributed by atoms with van der Waals surface area (Å²) in [5.74, 6) is 0.904. The summed E-state index contributed by atoms with van der Waals surface area (Å²) in [5.41, 5.74) is 8.80. The summed E-state index contributed by atoms with van der Waals surface area (Å²) in [4.78, 5) is 0. The number of hydrogen-bond donors (Lipinski definition) is 2. The average molecular weight is 292 g/mol. The van der Waals surface area contributed by atoms with Gasteiger partial charge in [-0.25, -0.2) is 0 Å². The predicted molar refractivity (Wildman–Crippen MR) is 88.1 cm³/mol. The molecule has 112 valence electrons. The molecule has 22 heavy (non-hydrogen) atoms. The van der Waals surface area contributed by atoms with Gasteiger partial charge in [0.25, 0.3) is 0 Å². The number of nitrogens with one attached hydrogen (secondary N) is 1. The average Bonchev–Trinajstić information content (AvgIpc) is 3.10. The first-order valence-corrected chi connectivity index (χ1v) is 7.46. The Hall–Kier alpha value is -2.36. The second-order valence-electron chi connectivity index (χ2n) is 5.29. The number of benzene rings is 2. The second-order valence-corrected chi connectivity index (χ2v) is 5.29. The van der Waals surface area contributed by atoms with Crippen LogP contribution >= 0.6 is 0 Å². The van der Waals surface area contributed by atoms with Gasteiger partial charge in [0, 0.05) is 6.04 Å². The molecule has 1 heterocycles. The van der Waals surface area contributed by atoms with Gasteiger partial charge in [-0.1, -0.05) is 60.7 Å². The van der Waals surface area contributed by atoms with Crippen LogP contribution in [0.4, 0.5) is 0 Å². The first kappa shape index (κ1) is 14.6. The van der Waals surface area contributed by atoms with Gasteiger partial charge in [-0.05, 0) is 23.3 Å². The van der Waals surface area contributed by atoms with E-state index in [1.807, 2.05) is 48.5 Å². The van der Waals surface area contributed by atoms with Gasteiger partial charge >= 0.3 is 0 Å². The van der Waals surface area contributed by atoms with Crippen molar-refractivity contribution >= 4 is 0 Å². The molecular weight excluding hydrogens is 272 g/mol. The SMILES string of the molecule is NC(c1ccccc1)C(NCc1ccco1)c1ccccc1. The summed E-state index contributed by atoms with van der Waals surface area (Å²) >= 11 is 0. The lowest BCUT2D eigenvalue weighted by molar-refractivity contribution is 0.411. The van der Waals surface area contributed by atoms with E-state index in [-0.39, 0.29) is 12.1 Å². The van der Waals surface area contributed by atoms with Crippen LogP contribution < -0.4 is 11.1 Å². The monoisotopic (exact) mass is 292 g/mol. The normalized spacial score (nSPS) is 13.7. The lowest BCUT2D eigenvalue weighted by Crippen LogP contribution is -2.31. The van der Waals surface area contributed by atoms with Crippen molar-refractivity contribution in [3.63, 3.8) is 0 Å². The first-order chi connectivity index (χ1) is 10.8. The smallest absolute Gasteiger partial charge is 0.117 e. The van der Waals surface area contributed by atoms with Crippen LogP contribution in [-0.2, 0) is 6.54 Å². The van der Waals surface area contributed by atoms with Gasteiger partial charge in [0.1, 0.15) is 5.76 Å². The van der Waals surface area contributed by atoms with Crippen molar-refractivity contribution in [1.82, 2.24) is 5.32 Å². The summed E-state index contributed by atoms with van der Waals surface area (Å²) in [6.45, 7) is 0.646. The summed E-state index contributed by atoms with van der Waals surface area (Å²) in [5, 5.41) is 3.52. The lowest BCUT2D eigenvalue weighted by atomic mass is 9.94. The summed E-state index contributed by atoms with van der Waals surface area (Å²) < 4.78 is 5.40. The topological polar surface area (TPSA) is 51.2 Å². The van der Waals surface area contributed by atoms with Crippen molar-refractivity contribution in [2.45, 2.75) is 18.6 Å². The van der Waals surface area contributed by atoms with E-state index in [0.29, 0.717) is 6.54 Å². The highest BCUT2D eigenvalue weighted by atomic mass is 16.3. The van der Waals surface area contributed by atoms with Crippen LogP contribution in [0.2, 0.25) is 0 Å². The quantitative estimate of drug-likeness (QED) is 0.726. The van der Waals surface area contributed by atoms with E-state index in [9.17, 15) is 0 Å². The Morgan fingerprint density at radius 2 is 1.45 bits per heavy atom. The van der Waals surface area contributed by atoms with E-state index in [2.05, 4.69) is 29.6 Å². The Bertz CT molecular complexity index is 665. The minimum atomic E-state index is -0.126. The van der Waals surface area contributed by atoms with E-state index >= 15 is 0 Å². The van der Waals surface area contributed by atoms with Crippen LogP contribution in [0.5, 0.6) is 0 Å². The molecular formula is C19H20N2O. The van der Waals surface area contributed by atoms with E-state index in [1.54, 1.807) is 6.26 Å². The first-order valence-electron chi connectivity index (χ1n) is 7.46. The third kappa shape index (κ3) is 3.45. The molecule has 0 radical (unpaired) electrons. The molecule has 0 aliphatic heterocycles. The van der Waals surface area contributed by atoms with E-state index in [0.717, 1.165) is 11.3 Å². The van der Waals surface area contributed by atoms with E-state index < -0.39 is 0 Å². The van der Waals surface area contributed by atoms with Crippen LogP contribution in [0.1, 0.15) is 29.0 Å². The molecule has 0 amide bonds. The summed E-state index contributed by atoms with van der Waals surface area (Å²) in [7, 11) is 0. The van der Waals surface area contributed by atoms with Gasteiger partial charge in [-0.2, -0.15) is 0 Å². The molecule has 1 aromatic heterocycles. The fourth-order valence-corrected chi connectivity index (χ4v) is 2.60. The molecule has 3 rings (SSSR count). The van der Waals surface area contributed by atoms with Crippen molar-refractivity contribution < 1.29 is 4.42 Å². The largest absolute Gasteiger partial charge is 0.468 e. The fourth-order valence-electron chi connectivity index (χ4n) is 2.60. The Morgan fingerprint density at radius 1 is 0.818 bits per heavy atom. The second kappa shape index (κ2) is 7.07. The molecule has 3 N–H and O–H groups in total. The molecule has 2 atom stereocenters. The van der Waals surface area contributed by atoms with Crippen LogP contribution in [0.15, 0.2) is 83.5 Å². The van der Waals surface area contributed by atoms with Crippen molar-refractivity contribution in [3.05, 3.63) is 95.9 Å². The lowest BCUT2D eigenvalue weighted by Gasteiger charge is -2.26. The van der Waals surface area contributed by atoms with Gasteiger partial charge in [0.05, 0.1) is 18.8 Å². The number of rotatable bonds is 6. The van der Waals surface area contributed by atoms with Crippen LogP contribution in [0.25, 0.3) is 0 Å². The van der Waals surface area contributed by atoms with Crippen LogP contribution in [0.3, 0.4) is 0 Å². The summed E-state index contributed by atoms with van der Waals surface area (Å²) in [6, 6.07) is 24.2. The van der Waals surface area contributed by atoms with Gasteiger partial charge in [-0.3, -0.25) is 0 Å². The van der Waals surface area contributed by atoms with Gasteiger partial charge < -0.3 is 15.5 Å². The molecule has 2 aromatic carbocycles. The maximum atomic E-state index is 6.52. The number of furan rings is 1. The minimum Gasteiger partial charge on any atom is -0.468 e. The maximum Gasteiger partial charge on any atom is 0.117 e. The van der Waals surface area contributed by atoms with Crippen molar-refractivity contribution in [2.75, 3.05) is 0 Å². The zero-order valence-electron chi connectivity index (χ0n) is 12.4. The Kier molecular flexibility index (Phi) is 4.68. The molecule has 0 spiro atoms. The molecule has 0 saturated carbocycles. The molecule has 3 heteroatoms. The highest BCUT2D eigenvalue weighted by molar-refractivity contribution is 5.27. The van der Waals surface area contributed by atoms with Gasteiger partial charge in [-0.15, -0.1) is 0 Å². The van der Waals surface area contributed by atoms with Crippen molar-refractivity contribution in [1.29, 1.82) is 0 Å². The molecule has 0 aliphatic carbocycles. The molecule has 0 saturated heterocycles. The zero-order valence-corrected chi connectivity index (χ0v) is 12.4. The van der Waals surface area contributed by atoms with Crippen LogP contribution in [-0.4, -0.2) is 0 Å². The molecule has 0 aliphatic rings. The molecule has 2 unspecified atom stereocenters. The standard InChI is InChI=1S/C19H20N2O/c20-18(15-8-3-1-4-9-15)19(16-10-5-2-6-11-16)21-14-17-12-7-13-22-17/h1-13,18-19,21H,14,20H2. The van der Waals surface area contributed by atoms with Crippen molar-refractivity contribution in [2.24, 2.45) is 5.73 Å². The van der Waals surface area contributed by atoms with Crippen LogP contribution in [0, 0.1) is 0 Å². The minimum absolute atomic E-state index is 0.0219. The zero-order chi connectivity index (χ0) is 15.2. The number of nitrogens with two attached hydrogens (primary N) is 1. The Labute approximate surface area is 130 Å². The molecule has 0 bridgehead atoms. The third-order valence-electron chi connectivity index (χ3n) is 3.78. The number of hydrogen-bond acceptors (Lipinski definition) is 3. The Balaban J connectivity index is 1.82. The molecule has 3 aromatic rings. The van der Waals surface area contributed by atoms with E-state index in [1.165, 1.54) is 5.56 Å². The van der Waals surface area contributed by atoms with Crippen molar-refractivity contribution in [3.8, 4) is 0 Å². The molecule has 0 fully saturated rings. The Morgan fingerprint density at radius 3 is 2.05 bits per heavy atom. The third-order valence-corrected chi connectivity index (χ3v) is 3.78. The highest BCUT2D eigenvalue weighted by Gasteiger charge is 2.21. The highest BCUT2D eigenvalue weighted by Crippen LogP contribution is 2.27. The predicted octanol–water partition coefficient (Wildman–Crippen LogP) is 3.81. The van der Waals surface area contributed by atoms with Gasteiger partial charge in [0.15, 0.2) is 0 Å². The van der Waals surface area contributed by atoms with Gasteiger partial charge in [0.2, 0.25) is 0 Å². The fraction of sp³-hybridized carbons (Fsp3) is 0.158.